The van der Waals surface area contributed by atoms with Crippen molar-refractivity contribution in [2.24, 2.45) is 0 Å². The zero-order chi connectivity index (χ0) is 22.0. The monoisotopic (exact) mass is 421 g/mol. The molecule has 4 aromatic rings. The summed E-state index contributed by atoms with van der Waals surface area (Å²) in [6.07, 6.45) is 1.43. The minimum atomic E-state index is -0.365. The van der Waals surface area contributed by atoms with Gasteiger partial charge in [0.15, 0.2) is 0 Å². The average molecular weight is 421 g/mol. The number of carbonyl (C=O) groups is 1. The minimum absolute atomic E-state index is 0.219. The lowest BCUT2D eigenvalue weighted by Crippen LogP contribution is -2.26. The van der Waals surface area contributed by atoms with Crippen molar-refractivity contribution >= 4 is 16.8 Å². The molecule has 0 aliphatic heterocycles. The standard InChI is InChI=1S/C24H21F2N3O2/c1-3-31-22-12-16(7-9-19(22)15-5-4-6-18(25)11-15)24(30)29(2)14-17-8-10-21(26)20-13-27-28-23(17)20/h4-13H,3,14H2,1-2H3,(H,27,28). The van der Waals surface area contributed by atoms with Gasteiger partial charge in [-0.1, -0.05) is 18.2 Å². The number of hydrogen-bond acceptors (Lipinski definition) is 3. The molecule has 31 heavy (non-hydrogen) atoms. The van der Waals surface area contributed by atoms with Crippen molar-refractivity contribution in [1.29, 1.82) is 0 Å². The van der Waals surface area contributed by atoms with Crippen molar-refractivity contribution in [3.05, 3.63) is 83.6 Å². The molecule has 0 unspecified atom stereocenters. The second-order valence-electron chi connectivity index (χ2n) is 7.18. The van der Waals surface area contributed by atoms with Crippen LogP contribution in [0.25, 0.3) is 22.0 Å². The number of carbonyl (C=O) groups excluding carboxylic acids is 1. The van der Waals surface area contributed by atoms with Gasteiger partial charge < -0.3 is 9.64 Å². The van der Waals surface area contributed by atoms with Gasteiger partial charge in [-0.2, -0.15) is 5.10 Å². The van der Waals surface area contributed by atoms with E-state index in [1.54, 1.807) is 48.3 Å². The van der Waals surface area contributed by atoms with E-state index in [9.17, 15) is 13.6 Å². The molecule has 0 bridgehead atoms. The van der Waals surface area contributed by atoms with Crippen molar-refractivity contribution < 1.29 is 18.3 Å². The molecule has 0 spiro atoms. The van der Waals surface area contributed by atoms with Gasteiger partial charge in [0.05, 0.1) is 23.7 Å². The molecule has 1 aromatic heterocycles. The summed E-state index contributed by atoms with van der Waals surface area (Å²) in [7, 11) is 1.68. The summed E-state index contributed by atoms with van der Waals surface area (Å²) in [5.41, 5.74) is 3.14. The van der Waals surface area contributed by atoms with E-state index in [0.717, 1.165) is 5.56 Å². The molecule has 1 N–H and O–H groups in total. The highest BCUT2D eigenvalue weighted by Crippen LogP contribution is 2.32. The first-order valence-electron chi connectivity index (χ1n) is 9.86. The molecule has 5 nitrogen and oxygen atoms in total. The quantitative estimate of drug-likeness (QED) is 0.467. The van der Waals surface area contributed by atoms with Crippen LogP contribution < -0.4 is 4.74 Å². The number of nitrogens with zero attached hydrogens (tertiary/aromatic N) is 2. The molecular weight excluding hydrogens is 400 g/mol. The second kappa shape index (κ2) is 8.55. The fourth-order valence-electron chi connectivity index (χ4n) is 3.56. The molecule has 1 heterocycles. The van der Waals surface area contributed by atoms with E-state index in [1.165, 1.54) is 24.4 Å². The van der Waals surface area contributed by atoms with Crippen molar-refractivity contribution in [2.45, 2.75) is 13.5 Å². The molecule has 3 aromatic carbocycles. The predicted octanol–water partition coefficient (Wildman–Crippen LogP) is 5.18. The Hall–Kier alpha value is -3.74. The maximum Gasteiger partial charge on any atom is 0.254 e. The highest BCUT2D eigenvalue weighted by Gasteiger charge is 2.18. The number of halogens is 2. The number of hydrogen-bond donors (Lipinski definition) is 1. The highest BCUT2D eigenvalue weighted by atomic mass is 19.1. The Balaban J connectivity index is 1.62. The van der Waals surface area contributed by atoms with E-state index in [-0.39, 0.29) is 24.1 Å². The number of rotatable bonds is 6. The van der Waals surface area contributed by atoms with Crippen LogP contribution in [0, 0.1) is 11.6 Å². The predicted molar refractivity (Wildman–Crippen MR) is 115 cm³/mol. The Bertz CT molecular complexity index is 1250. The Morgan fingerprint density at radius 2 is 1.97 bits per heavy atom. The van der Waals surface area contributed by atoms with E-state index < -0.39 is 0 Å². The number of ether oxygens (including phenoxy) is 1. The third-order valence-corrected chi connectivity index (χ3v) is 5.07. The zero-order valence-electron chi connectivity index (χ0n) is 17.2. The number of nitrogens with one attached hydrogen (secondary N) is 1. The van der Waals surface area contributed by atoms with Gasteiger partial charge in [0, 0.05) is 24.7 Å². The molecule has 7 heteroatoms. The first-order chi connectivity index (χ1) is 15.0. The smallest absolute Gasteiger partial charge is 0.254 e. The summed E-state index contributed by atoms with van der Waals surface area (Å²) >= 11 is 0. The molecule has 0 atom stereocenters. The fourth-order valence-corrected chi connectivity index (χ4v) is 3.56. The largest absolute Gasteiger partial charge is 0.493 e. The molecule has 0 aliphatic rings. The zero-order valence-corrected chi connectivity index (χ0v) is 17.2. The maximum absolute atomic E-state index is 13.9. The van der Waals surface area contributed by atoms with E-state index in [4.69, 9.17) is 4.74 Å². The molecule has 0 aliphatic carbocycles. The first-order valence-corrected chi connectivity index (χ1v) is 9.86. The Morgan fingerprint density at radius 3 is 2.74 bits per heavy atom. The summed E-state index contributed by atoms with van der Waals surface area (Å²) in [5.74, 6) is -0.422. The number of aromatic nitrogens is 2. The van der Waals surface area contributed by atoms with Gasteiger partial charge in [-0.05, 0) is 54.4 Å². The van der Waals surface area contributed by atoms with Gasteiger partial charge in [0.2, 0.25) is 0 Å². The van der Waals surface area contributed by atoms with Gasteiger partial charge in [-0.15, -0.1) is 0 Å². The number of benzene rings is 3. The van der Waals surface area contributed by atoms with Gasteiger partial charge in [0.1, 0.15) is 17.4 Å². The molecule has 0 saturated heterocycles. The summed E-state index contributed by atoms with van der Waals surface area (Å²) in [5, 5.41) is 7.07. The molecule has 158 valence electrons. The molecule has 0 radical (unpaired) electrons. The van der Waals surface area contributed by atoms with Crippen LogP contribution in [0.1, 0.15) is 22.8 Å². The molecule has 4 rings (SSSR count). The SMILES string of the molecule is CCOc1cc(C(=O)N(C)Cc2ccc(F)c3cn[nH]c23)ccc1-c1cccc(F)c1. The fraction of sp³-hybridized carbons (Fsp3) is 0.167. The lowest BCUT2D eigenvalue weighted by Gasteiger charge is -2.19. The van der Waals surface area contributed by atoms with Crippen molar-refractivity contribution in [2.75, 3.05) is 13.7 Å². The van der Waals surface area contributed by atoms with Crippen LogP contribution in [-0.4, -0.2) is 34.7 Å². The number of amides is 1. The van der Waals surface area contributed by atoms with E-state index in [2.05, 4.69) is 10.2 Å². The molecular formula is C24H21F2N3O2. The Morgan fingerprint density at radius 1 is 1.13 bits per heavy atom. The van der Waals surface area contributed by atoms with Crippen LogP contribution in [-0.2, 0) is 6.54 Å². The lowest BCUT2D eigenvalue weighted by molar-refractivity contribution is 0.0785. The third-order valence-electron chi connectivity index (χ3n) is 5.07. The summed E-state index contributed by atoms with van der Waals surface area (Å²) in [6.45, 7) is 2.52. The van der Waals surface area contributed by atoms with Crippen LogP contribution in [0.3, 0.4) is 0 Å². The number of fused-ring (bicyclic) bond motifs is 1. The van der Waals surface area contributed by atoms with E-state index >= 15 is 0 Å². The maximum atomic E-state index is 13.9. The van der Waals surface area contributed by atoms with Crippen LogP contribution in [0.2, 0.25) is 0 Å². The minimum Gasteiger partial charge on any atom is -0.493 e. The van der Waals surface area contributed by atoms with Crippen LogP contribution in [0.15, 0.2) is 60.8 Å². The summed E-state index contributed by atoms with van der Waals surface area (Å²) in [4.78, 5) is 14.6. The van der Waals surface area contributed by atoms with Crippen molar-refractivity contribution in [1.82, 2.24) is 15.1 Å². The highest BCUT2D eigenvalue weighted by molar-refractivity contribution is 5.95. The first kappa shape index (κ1) is 20.5. The van der Waals surface area contributed by atoms with Gasteiger partial charge >= 0.3 is 0 Å². The normalized spacial score (nSPS) is 11.0. The Labute approximate surface area is 178 Å². The molecule has 0 fully saturated rings. The van der Waals surface area contributed by atoms with Gasteiger partial charge in [-0.3, -0.25) is 9.89 Å². The van der Waals surface area contributed by atoms with Crippen molar-refractivity contribution in [3.8, 4) is 16.9 Å². The van der Waals surface area contributed by atoms with E-state index in [1.807, 2.05) is 6.92 Å². The number of aromatic amines is 1. The van der Waals surface area contributed by atoms with Crippen molar-refractivity contribution in [3.63, 3.8) is 0 Å². The van der Waals surface area contributed by atoms with Crippen LogP contribution >= 0.6 is 0 Å². The topological polar surface area (TPSA) is 58.2 Å². The lowest BCUT2D eigenvalue weighted by atomic mass is 10.0. The average Bonchev–Trinajstić information content (AvgIpc) is 3.26. The second-order valence-corrected chi connectivity index (χ2v) is 7.18. The van der Waals surface area contributed by atoms with E-state index in [0.29, 0.717) is 39.9 Å². The molecule has 0 saturated carbocycles. The Kier molecular flexibility index (Phi) is 5.66. The van der Waals surface area contributed by atoms with Crippen LogP contribution in [0.4, 0.5) is 8.78 Å². The van der Waals surface area contributed by atoms with Gasteiger partial charge in [0.25, 0.3) is 5.91 Å². The number of H-pyrrole nitrogens is 1. The molecule has 1 amide bonds. The van der Waals surface area contributed by atoms with Crippen LogP contribution in [0.5, 0.6) is 5.75 Å². The third kappa shape index (κ3) is 4.12. The summed E-state index contributed by atoms with van der Waals surface area (Å²) in [6, 6.07) is 14.3. The van der Waals surface area contributed by atoms with Gasteiger partial charge in [-0.25, -0.2) is 8.78 Å². The summed E-state index contributed by atoms with van der Waals surface area (Å²) < 4.78 is 33.3.